The minimum absolute atomic E-state index is 0.207. The smallest absolute Gasteiger partial charge is 0.223 e. The van der Waals surface area contributed by atoms with E-state index in [-0.39, 0.29) is 17.9 Å². The molecule has 1 saturated heterocycles. The van der Waals surface area contributed by atoms with E-state index in [4.69, 9.17) is 4.74 Å². The number of nitrogens with one attached hydrogen (secondary N) is 1. The SMILES string of the molecule is COc1ccccc1[C@@H](CNC(=O)C1CCCC1)N1CCCC1. The molecule has 0 aromatic heterocycles. The van der Waals surface area contributed by atoms with E-state index in [2.05, 4.69) is 22.3 Å². The number of amides is 1. The summed E-state index contributed by atoms with van der Waals surface area (Å²) in [7, 11) is 1.72. The average Bonchev–Trinajstić information content (AvgIpc) is 3.29. The lowest BCUT2D eigenvalue weighted by molar-refractivity contribution is -0.125. The second-order valence-corrected chi connectivity index (χ2v) is 6.73. The number of carbonyl (C=O) groups is 1. The molecule has 0 unspecified atom stereocenters. The van der Waals surface area contributed by atoms with Gasteiger partial charge in [-0.15, -0.1) is 0 Å². The number of likely N-dealkylation sites (tertiary alicyclic amines) is 1. The third-order valence-corrected chi connectivity index (χ3v) is 5.27. The Labute approximate surface area is 139 Å². The molecule has 1 heterocycles. The van der Waals surface area contributed by atoms with E-state index < -0.39 is 0 Å². The predicted octanol–water partition coefficient (Wildman–Crippen LogP) is 3.14. The molecule has 0 radical (unpaired) electrons. The van der Waals surface area contributed by atoms with Gasteiger partial charge in [-0.3, -0.25) is 9.69 Å². The lowest BCUT2D eigenvalue weighted by Crippen LogP contribution is -2.39. The molecule has 4 heteroatoms. The van der Waals surface area contributed by atoms with Crippen molar-refractivity contribution < 1.29 is 9.53 Å². The van der Waals surface area contributed by atoms with Gasteiger partial charge in [0.1, 0.15) is 5.75 Å². The zero-order valence-corrected chi connectivity index (χ0v) is 14.1. The van der Waals surface area contributed by atoms with E-state index >= 15 is 0 Å². The number of methoxy groups -OCH3 is 1. The maximum absolute atomic E-state index is 12.4. The highest BCUT2D eigenvalue weighted by atomic mass is 16.5. The quantitative estimate of drug-likeness (QED) is 0.876. The number of hydrogen-bond acceptors (Lipinski definition) is 3. The molecule has 0 spiro atoms. The maximum atomic E-state index is 12.4. The van der Waals surface area contributed by atoms with Crippen LogP contribution >= 0.6 is 0 Å². The average molecular weight is 316 g/mol. The number of carbonyl (C=O) groups excluding carboxylic acids is 1. The molecule has 2 aliphatic rings. The molecule has 1 N–H and O–H groups in total. The molecule has 1 amide bonds. The molecule has 126 valence electrons. The Kier molecular flexibility index (Phi) is 5.55. The normalized spacial score (nSPS) is 20.6. The first-order valence-corrected chi connectivity index (χ1v) is 8.94. The Bertz CT molecular complexity index is 520. The fourth-order valence-electron chi connectivity index (χ4n) is 3.96. The number of nitrogens with zero attached hydrogens (tertiary/aromatic N) is 1. The number of para-hydroxylation sites is 1. The van der Waals surface area contributed by atoms with Crippen molar-refractivity contribution in [2.24, 2.45) is 5.92 Å². The second-order valence-electron chi connectivity index (χ2n) is 6.73. The summed E-state index contributed by atoms with van der Waals surface area (Å²) in [4.78, 5) is 14.9. The van der Waals surface area contributed by atoms with Crippen molar-refractivity contribution in [3.05, 3.63) is 29.8 Å². The van der Waals surface area contributed by atoms with Gasteiger partial charge in [0.25, 0.3) is 0 Å². The van der Waals surface area contributed by atoms with Gasteiger partial charge in [0, 0.05) is 18.0 Å². The first-order valence-electron chi connectivity index (χ1n) is 8.94. The van der Waals surface area contributed by atoms with Crippen LogP contribution in [0.15, 0.2) is 24.3 Å². The first kappa shape index (κ1) is 16.3. The van der Waals surface area contributed by atoms with E-state index in [1.54, 1.807) is 7.11 Å². The minimum Gasteiger partial charge on any atom is -0.496 e. The molecule has 3 rings (SSSR count). The number of ether oxygens (including phenoxy) is 1. The van der Waals surface area contributed by atoms with Gasteiger partial charge >= 0.3 is 0 Å². The molecule has 1 atom stereocenters. The van der Waals surface area contributed by atoms with Crippen molar-refractivity contribution >= 4 is 5.91 Å². The Morgan fingerprint density at radius 2 is 1.91 bits per heavy atom. The predicted molar refractivity (Wildman–Crippen MR) is 91.5 cm³/mol. The summed E-state index contributed by atoms with van der Waals surface area (Å²) in [5.41, 5.74) is 1.18. The highest BCUT2D eigenvalue weighted by Crippen LogP contribution is 2.31. The van der Waals surface area contributed by atoms with Gasteiger partial charge in [0.15, 0.2) is 0 Å². The van der Waals surface area contributed by atoms with E-state index in [1.807, 2.05) is 12.1 Å². The number of benzene rings is 1. The third-order valence-electron chi connectivity index (χ3n) is 5.27. The summed E-state index contributed by atoms with van der Waals surface area (Å²) in [6.45, 7) is 2.87. The van der Waals surface area contributed by atoms with Crippen LogP contribution in [0.4, 0.5) is 0 Å². The van der Waals surface area contributed by atoms with E-state index in [0.29, 0.717) is 6.54 Å². The summed E-state index contributed by atoms with van der Waals surface area (Å²) >= 11 is 0. The van der Waals surface area contributed by atoms with Crippen LogP contribution in [0.1, 0.15) is 50.1 Å². The minimum atomic E-state index is 0.207. The second kappa shape index (κ2) is 7.82. The summed E-state index contributed by atoms with van der Waals surface area (Å²) in [5, 5.41) is 3.22. The van der Waals surface area contributed by atoms with E-state index in [9.17, 15) is 4.79 Å². The zero-order valence-electron chi connectivity index (χ0n) is 14.1. The molecule has 23 heavy (non-hydrogen) atoms. The lowest BCUT2D eigenvalue weighted by Gasteiger charge is -2.29. The maximum Gasteiger partial charge on any atom is 0.223 e. The number of hydrogen-bond donors (Lipinski definition) is 1. The summed E-state index contributed by atoms with van der Waals surface area (Å²) < 4.78 is 5.55. The van der Waals surface area contributed by atoms with Crippen LogP contribution in [-0.4, -0.2) is 37.6 Å². The molecule has 4 nitrogen and oxygen atoms in total. The zero-order chi connectivity index (χ0) is 16.1. The van der Waals surface area contributed by atoms with Crippen molar-refractivity contribution in [1.82, 2.24) is 10.2 Å². The van der Waals surface area contributed by atoms with Gasteiger partial charge < -0.3 is 10.1 Å². The molecule has 1 aromatic carbocycles. The van der Waals surface area contributed by atoms with Gasteiger partial charge in [-0.2, -0.15) is 0 Å². The summed E-state index contributed by atoms with van der Waals surface area (Å²) in [6, 6.07) is 8.40. The molecular formula is C19H28N2O2. The highest BCUT2D eigenvalue weighted by Gasteiger charge is 2.28. The van der Waals surface area contributed by atoms with Crippen LogP contribution in [0.3, 0.4) is 0 Å². The lowest BCUT2D eigenvalue weighted by atomic mass is 10.0. The van der Waals surface area contributed by atoms with Crippen molar-refractivity contribution in [1.29, 1.82) is 0 Å². The Balaban J connectivity index is 1.71. The van der Waals surface area contributed by atoms with Crippen molar-refractivity contribution in [3.8, 4) is 5.75 Å². The van der Waals surface area contributed by atoms with Crippen LogP contribution in [0.25, 0.3) is 0 Å². The van der Waals surface area contributed by atoms with Gasteiger partial charge in [-0.1, -0.05) is 31.0 Å². The topological polar surface area (TPSA) is 41.6 Å². The Morgan fingerprint density at radius 3 is 2.61 bits per heavy atom. The monoisotopic (exact) mass is 316 g/mol. The van der Waals surface area contributed by atoms with E-state index in [1.165, 1.54) is 31.2 Å². The van der Waals surface area contributed by atoms with E-state index in [0.717, 1.165) is 31.7 Å². The third kappa shape index (κ3) is 3.86. The molecule has 1 aromatic rings. The van der Waals surface area contributed by atoms with Crippen molar-refractivity contribution in [2.75, 3.05) is 26.7 Å². The molecular weight excluding hydrogens is 288 g/mol. The van der Waals surface area contributed by atoms with Crippen LogP contribution in [0.5, 0.6) is 5.75 Å². The summed E-state index contributed by atoms with van der Waals surface area (Å²) in [5.74, 6) is 1.38. The van der Waals surface area contributed by atoms with Crippen molar-refractivity contribution in [3.63, 3.8) is 0 Å². The Morgan fingerprint density at radius 1 is 1.22 bits per heavy atom. The van der Waals surface area contributed by atoms with Gasteiger partial charge in [0.2, 0.25) is 5.91 Å². The first-order chi connectivity index (χ1) is 11.3. The standard InChI is InChI=1S/C19H28N2O2/c1-23-18-11-5-4-10-16(18)17(21-12-6-7-13-21)14-20-19(22)15-8-2-3-9-15/h4-5,10-11,15,17H,2-3,6-9,12-14H2,1H3,(H,20,22)/t17-/m1/s1. The van der Waals surface area contributed by atoms with Gasteiger partial charge in [-0.25, -0.2) is 0 Å². The fraction of sp³-hybridized carbons (Fsp3) is 0.632. The van der Waals surface area contributed by atoms with Crippen LogP contribution in [0, 0.1) is 5.92 Å². The molecule has 1 aliphatic heterocycles. The molecule has 1 aliphatic carbocycles. The molecule has 1 saturated carbocycles. The highest BCUT2D eigenvalue weighted by molar-refractivity contribution is 5.78. The fourth-order valence-corrected chi connectivity index (χ4v) is 3.96. The largest absolute Gasteiger partial charge is 0.496 e. The van der Waals surface area contributed by atoms with Crippen LogP contribution in [-0.2, 0) is 4.79 Å². The summed E-state index contributed by atoms with van der Waals surface area (Å²) in [6.07, 6.45) is 6.97. The Hall–Kier alpha value is -1.55. The van der Waals surface area contributed by atoms with Gasteiger partial charge in [0.05, 0.1) is 13.2 Å². The number of rotatable bonds is 6. The van der Waals surface area contributed by atoms with Crippen molar-refractivity contribution in [2.45, 2.75) is 44.6 Å². The van der Waals surface area contributed by atoms with Crippen LogP contribution in [0.2, 0.25) is 0 Å². The molecule has 2 fully saturated rings. The molecule has 0 bridgehead atoms. The van der Waals surface area contributed by atoms with Gasteiger partial charge in [-0.05, 0) is 44.8 Å². The van der Waals surface area contributed by atoms with Crippen LogP contribution < -0.4 is 10.1 Å².